The maximum Gasteiger partial charge on any atom is 0.410 e. The first kappa shape index (κ1) is 29.1. The average molecular weight is 528 g/mol. The molecule has 2 amide bonds. The van der Waals surface area contributed by atoms with Crippen LogP contribution in [-0.2, 0) is 11.3 Å². The third-order valence-electron chi connectivity index (χ3n) is 6.68. The zero-order valence-electron chi connectivity index (χ0n) is 22.7. The lowest BCUT2D eigenvalue weighted by atomic mass is 9.91. The number of halogens is 1. The molecule has 8 nitrogen and oxygen atoms in total. The van der Waals surface area contributed by atoms with Crippen molar-refractivity contribution in [2.45, 2.75) is 71.4 Å². The average Bonchev–Trinajstić information content (AvgIpc) is 2.87. The Morgan fingerprint density at radius 2 is 1.74 bits per heavy atom. The number of piperidine rings is 1. The molecule has 0 radical (unpaired) electrons. The minimum atomic E-state index is -0.560. The van der Waals surface area contributed by atoms with Gasteiger partial charge in [0.05, 0.1) is 6.54 Å². The molecule has 1 fully saturated rings. The first-order valence-corrected chi connectivity index (χ1v) is 13.2. The van der Waals surface area contributed by atoms with Gasteiger partial charge in [-0.25, -0.2) is 9.18 Å². The number of carbonyl (C=O) groups is 3. The molecule has 3 rings (SSSR count). The Morgan fingerprint density at radius 3 is 2.34 bits per heavy atom. The third-order valence-corrected chi connectivity index (χ3v) is 6.68. The van der Waals surface area contributed by atoms with Crippen molar-refractivity contribution in [1.29, 1.82) is 0 Å². The molecule has 1 aliphatic rings. The molecule has 1 N–H and O–H groups in total. The molecule has 0 atom stereocenters. The summed E-state index contributed by atoms with van der Waals surface area (Å²) in [6.07, 6.45) is 5.89. The highest BCUT2D eigenvalue weighted by molar-refractivity contribution is 6.00. The highest BCUT2D eigenvalue weighted by Gasteiger charge is 2.26. The zero-order valence-corrected chi connectivity index (χ0v) is 22.7. The summed E-state index contributed by atoms with van der Waals surface area (Å²) >= 11 is 0. The fraction of sp³-hybridized carbons (Fsp3) is 0.517. The van der Waals surface area contributed by atoms with Gasteiger partial charge in [-0.05, 0) is 69.7 Å². The molecule has 2 aromatic rings. The maximum absolute atomic E-state index is 13.3. The number of carbonyl (C=O) groups excluding carboxylic acids is 3. The number of nitrogens with one attached hydrogen (secondary N) is 1. The molecule has 206 valence electrons. The lowest BCUT2D eigenvalue weighted by molar-refractivity contribution is 0.0180. The van der Waals surface area contributed by atoms with E-state index in [1.807, 2.05) is 20.8 Å². The minimum Gasteiger partial charge on any atom is -0.444 e. The predicted molar refractivity (Wildman–Crippen MR) is 143 cm³/mol. The summed E-state index contributed by atoms with van der Waals surface area (Å²) in [5, 5.41) is 2.45. The Kier molecular flexibility index (Phi) is 9.83. The first-order chi connectivity index (χ1) is 18.0. The highest BCUT2D eigenvalue weighted by Crippen LogP contribution is 2.24. The lowest BCUT2D eigenvalue weighted by Crippen LogP contribution is -2.41. The van der Waals surface area contributed by atoms with Crippen LogP contribution in [-0.4, -0.2) is 53.0 Å². The van der Waals surface area contributed by atoms with Gasteiger partial charge in [0.1, 0.15) is 17.0 Å². The molecule has 2 heterocycles. The number of hydrogen-bond donors (Lipinski definition) is 1. The van der Waals surface area contributed by atoms with Crippen LogP contribution in [0.25, 0.3) is 0 Å². The van der Waals surface area contributed by atoms with Gasteiger partial charge >= 0.3 is 6.09 Å². The fourth-order valence-corrected chi connectivity index (χ4v) is 4.58. The number of benzene rings is 1. The number of unbranched alkanes of at least 4 members (excludes halogenated alkanes) is 1. The summed E-state index contributed by atoms with van der Waals surface area (Å²) < 4.78 is 20.0. The van der Waals surface area contributed by atoms with Crippen molar-refractivity contribution in [3.8, 4) is 0 Å². The van der Waals surface area contributed by atoms with Crippen molar-refractivity contribution in [1.82, 2.24) is 14.8 Å². The molecule has 1 saturated heterocycles. The van der Waals surface area contributed by atoms with Crippen LogP contribution in [0.15, 0.2) is 41.3 Å². The van der Waals surface area contributed by atoms with Crippen molar-refractivity contribution < 1.29 is 23.5 Å². The Bertz CT molecular complexity index is 1190. The first-order valence-electron chi connectivity index (χ1n) is 13.2. The summed E-state index contributed by atoms with van der Waals surface area (Å²) in [5.74, 6) is -0.580. The lowest BCUT2D eigenvalue weighted by Gasteiger charge is -2.33. The largest absolute Gasteiger partial charge is 0.444 e. The van der Waals surface area contributed by atoms with Crippen LogP contribution in [0.2, 0.25) is 0 Å². The zero-order chi connectivity index (χ0) is 27.9. The van der Waals surface area contributed by atoms with Crippen LogP contribution < -0.4 is 10.9 Å². The standard InChI is InChI=1S/C29H38FN3O5/c1-29(2,3)38-28(37)32-15-13-20(14-16-32)7-5-6-8-25(34)22-17-24(26(35)31-4)27(36)33(19-22)18-21-9-11-23(30)12-10-21/h9-12,17,19-20H,5-8,13-16,18H2,1-4H3,(H,31,35). The molecule has 0 saturated carbocycles. The van der Waals surface area contributed by atoms with E-state index >= 15 is 0 Å². The number of likely N-dealkylation sites (tertiary alicyclic amines) is 1. The fourth-order valence-electron chi connectivity index (χ4n) is 4.58. The number of ether oxygens (including phenoxy) is 1. The molecule has 9 heteroatoms. The molecule has 0 aliphatic carbocycles. The number of hydrogen-bond acceptors (Lipinski definition) is 5. The second-order valence-corrected chi connectivity index (χ2v) is 10.9. The van der Waals surface area contributed by atoms with Crippen LogP contribution >= 0.6 is 0 Å². The summed E-state index contributed by atoms with van der Waals surface area (Å²) in [6, 6.07) is 7.09. The van der Waals surface area contributed by atoms with Gasteiger partial charge in [-0.3, -0.25) is 14.4 Å². The molecule has 0 spiro atoms. The van der Waals surface area contributed by atoms with Crippen LogP contribution in [0.3, 0.4) is 0 Å². The molecule has 0 unspecified atom stereocenters. The number of Topliss-reactive ketones (excluding diaryl/α,β-unsaturated/α-hetero) is 1. The van der Waals surface area contributed by atoms with E-state index in [4.69, 9.17) is 4.74 Å². The van der Waals surface area contributed by atoms with Gasteiger partial charge in [0.25, 0.3) is 11.5 Å². The Balaban J connectivity index is 1.55. The van der Waals surface area contributed by atoms with E-state index in [1.54, 1.807) is 17.0 Å². The van der Waals surface area contributed by atoms with Crippen molar-refractivity contribution in [3.05, 3.63) is 69.4 Å². The topological polar surface area (TPSA) is 97.7 Å². The number of pyridine rings is 1. The number of rotatable bonds is 9. The monoisotopic (exact) mass is 527 g/mol. The van der Waals surface area contributed by atoms with Crippen LogP contribution in [0.1, 0.15) is 85.6 Å². The van der Waals surface area contributed by atoms with Gasteiger partial charge in [-0.1, -0.05) is 25.0 Å². The Morgan fingerprint density at radius 1 is 1.08 bits per heavy atom. The van der Waals surface area contributed by atoms with E-state index in [9.17, 15) is 23.6 Å². The molecule has 1 aliphatic heterocycles. The molecule has 0 bridgehead atoms. The number of ketones is 1. The minimum absolute atomic E-state index is 0.0998. The van der Waals surface area contributed by atoms with Crippen molar-refractivity contribution in [2.75, 3.05) is 20.1 Å². The van der Waals surface area contributed by atoms with Gasteiger partial charge in [0.2, 0.25) is 0 Å². The molecule has 1 aromatic carbocycles. The smallest absolute Gasteiger partial charge is 0.410 e. The van der Waals surface area contributed by atoms with Gasteiger partial charge in [0.15, 0.2) is 5.78 Å². The second-order valence-electron chi connectivity index (χ2n) is 10.9. The summed E-state index contributed by atoms with van der Waals surface area (Å²) in [5.41, 5.74) is -0.134. The van der Waals surface area contributed by atoms with Crippen LogP contribution in [0.4, 0.5) is 9.18 Å². The van der Waals surface area contributed by atoms with Crippen molar-refractivity contribution in [2.24, 2.45) is 5.92 Å². The van der Waals surface area contributed by atoms with Gasteiger partial charge in [0, 0.05) is 38.3 Å². The van der Waals surface area contributed by atoms with Crippen molar-refractivity contribution in [3.63, 3.8) is 0 Å². The van der Waals surface area contributed by atoms with E-state index in [2.05, 4.69) is 5.32 Å². The molecule has 38 heavy (non-hydrogen) atoms. The van der Waals surface area contributed by atoms with Crippen LogP contribution in [0.5, 0.6) is 0 Å². The Hall–Kier alpha value is -3.49. The quantitative estimate of drug-likeness (QED) is 0.374. The Labute approximate surface area is 223 Å². The van der Waals surface area contributed by atoms with Crippen LogP contribution in [0, 0.1) is 11.7 Å². The van der Waals surface area contributed by atoms with E-state index < -0.39 is 17.1 Å². The summed E-state index contributed by atoms with van der Waals surface area (Å²) in [6.45, 7) is 7.05. The molecular weight excluding hydrogens is 489 g/mol. The highest BCUT2D eigenvalue weighted by atomic mass is 19.1. The van der Waals surface area contributed by atoms with Gasteiger partial charge < -0.3 is 19.5 Å². The number of aromatic nitrogens is 1. The predicted octanol–water partition coefficient (Wildman–Crippen LogP) is 4.79. The normalized spacial score (nSPS) is 14.3. The van der Waals surface area contributed by atoms with E-state index in [-0.39, 0.29) is 29.8 Å². The van der Waals surface area contributed by atoms with Gasteiger partial charge in [-0.2, -0.15) is 0 Å². The number of amides is 2. The second kappa shape index (κ2) is 12.8. The van der Waals surface area contributed by atoms with E-state index in [1.165, 1.54) is 36.0 Å². The van der Waals surface area contributed by atoms with E-state index in [0.29, 0.717) is 43.0 Å². The molecular formula is C29H38FN3O5. The maximum atomic E-state index is 13.3. The summed E-state index contributed by atoms with van der Waals surface area (Å²) in [4.78, 5) is 52.2. The molecule has 1 aromatic heterocycles. The summed E-state index contributed by atoms with van der Waals surface area (Å²) in [7, 11) is 1.43. The van der Waals surface area contributed by atoms with Gasteiger partial charge in [-0.15, -0.1) is 0 Å². The van der Waals surface area contributed by atoms with Crippen molar-refractivity contribution >= 4 is 17.8 Å². The SMILES string of the molecule is CNC(=O)c1cc(C(=O)CCCCC2CCN(C(=O)OC(C)(C)C)CC2)cn(Cc2ccc(F)cc2)c1=O. The van der Waals surface area contributed by atoms with E-state index in [0.717, 1.165) is 25.7 Å². The number of nitrogens with zero attached hydrogens (tertiary/aromatic N) is 2. The third kappa shape index (κ3) is 8.26.